The van der Waals surface area contributed by atoms with E-state index in [-0.39, 0.29) is 11.6 Å². The number of aromatic hydroxyl groups is 1. The van der Waals surface area contributed by atoms with Crippen LogP contribution < -0.4 is 10.6 Å². The van der Waals surface area contributed by atoms with Crippen LogP contribution in [0.3, 0.4) is 0 Å². The molecule has 0 unspecified atom stereocenters. The first-order chi connectivity index (χ1) is 6.77. The lowest BCUT2D eigenvalue weighted by Gasteiger charge is -2.26. The van der Waals surface area contributed by atoms with Crippen LogP contribution in [0.25, 0.3) is 0 Å². The van der Waals surface area contributed by atoms with Crippen LogP contribution in [-0.2, 0) is 4.74 Å². The molecule has 2 rings (SSSR count). The van der Waals surface area contributed by atoms with Gasteiger partial charge in [-0.3, -0.25) is 0 Å². The number of aromatic nitrogens is 2. The summed E-state index contributed by atoms with van der Waals surface area (Å²) >= 11 is 0. The van der Waals surface area contributed by atoms with Gasteiger partial charge < -0.3 is 20.5 Å². The molecule has 0 atom stereocenters. The number of anilines is 2. The minimum absolute atomic E-state index is 0.0815. The predicted octanol–water partition coefficient (Wildman–Crippen LogP) is -0.399. The number of hydrogen-bond acceptors (Lipinski definition) is 6. The fourth-order valence-corrected chi connectivity index (χ4v) is 1.29. The third kappa shape index (κ3) is 1.69. The normalized spacial score (nSPS) is 17.0. The Morgan fingerprint density at radius 3 is 2.79 bits per heavy atom. The number of hydrogen-bond donors (Lipinski definition) is 2. The van der Waals surface area contributed by atoms with E-state index in [1.807, 2.05) is 4.90 Å². The van der Waals surface area contributed by atoms with E-state index in [1.165, 1.54) is 6.20 Å². The predicted molar refractivity (Wildman–Crippen MR) is 51.1 cm³/mol. The van der Waals surface area contributed by atoms with Crippen LogP contribution >= 0.6 is 0 Å². The van der Waals surface area contributed by atoms with Gasteiger partial charge in [-0.05, 0) is 0 Å². The molecule has 1 saturated heterocycles. The van der Waals surface area contributed by atoms with E-state index in [1.54, 1.807) is 0 Å². The van der Waals surface area contributed by atoms with Gasteiger partial charge in [0.25, 0.3) is 0 Å². The molecule has 1 aliphatic heterocycles. The molecule has 3 N–H and O–H groups in total. The molecule has 6 heteroatoms. The molecule has 14 heavy (non-hydrogen) atoms. The Bertz CT molecular complexity index is 325. The van der Waals surface area contributed by atoms with Crippen molar-refractivity contribution in [1.29, 1.82) is 0 Å². The Morgan fingerprint density at radius 2 is 2.14 bits per heavy atom. The molecule has 1 aromatic heterocycles. The van der Waals surface area contributed by atoms with Gasteiger partial charge in [-0.1, -0.05) is 0 Å². The van der Waals surface area contributed by atoms with Gasteiger partial charge in [0.15, 0.2) is 11.6 Å². The van der Waals surface area contributed by atoms with Crippen molar-refractivity contribution >= 4 is 11.8 Å². The van der Waals surface area contributed by atoms with Crippen molar-refractivity contribution in [3.8, 4) is 5.75 Å². The van der Waals surface area contributed by atoms with Crippen molar-refractivity contribution in [2.24, 2.45) is 0 Å². The van der Waals surface area contributed by atoms with Gasteiger partial charge in [0, 0.05) is 13.1 Å². The van der Waals surface area contributed by atoms with Crippen molar-refractivity contribution in [1.82, 2.24) is 9.97 Å². The molecule has 1 aliphatic rings. The highest BCUT2D eigenvalue weighted by molar-refractivity contribution is 5.47. The maximum atomic E-state index is 9.15. The summed E-state index contributed by atoms with van der Waals surface area (Å²) in [6.07, 6.45) is 1.31. The van der Waals surface area contributed by atoms with Gasteiger partial charge in [0.2, 0.25) is 5.95 Å². The molecule has 0 radical (unpaired) electrons. The van der Waals surface area contributed by atoms with Crippen molar-refractivity contribution in [2.75, 3.05) is 36.9 Å². The maximum Gasteiger partial charge on any atom is 0.227 e. The van der Waals surface area contributed by atoms with Crippen LogP contribution in [0.15, 0.2) is 6.20 Å². The first kappa shape index (κ1) is 9.01. The van der Waals surface area contributed by atoms with E-state index in [0.29, 0.717) is 19.2 Å². The first-order valence-corrected chi connectivity index (χ1v) is 4.41. The van der Waals surface area contributed by atoms with Crippen molar-refractivity contribution in [3.05, 3.63) is 6.20 Å². The fourth-order valence-electron chi connectivity index (χ4n) is 1.29. The molecular weight excluding hydrogens is 184 g/mol. The van der Waals surface area contributed by atoms with Crippen LogP contribution in [-0.4, -0.2) is 41.4 Å². The molecule has 6 nitrogen and oxygen atoms in total. The summed E-state index contributed by atoms with van der Waals surface area (Å²) in [5, 5.41) is 9.15. The Morgan fingerprint density at radius 1 is 1.43 bits per heavy atom. The van der Waals surface area contributed by atoms with E-state index in [2.05, 4.69) is 9.97 Å². The molecule has 0 amide bonds. The Kier molecular flexibility index (Phi) is 2.36. The van der Waals surface area contributed by atoms with E-state index in [0.717, 1.165) is 13.1 Å². The highest BCUT2D eigenvalue weighted by Gasteiger charge is 2.14. The van der Waals surface area contributed by atoms with Gasteiger partial charge in [0.05, 0.1) is 19.4 Å². The van der Waals surface area contributed by atoms with Gasteiger partial charge in [-0.15, -0.1) is 0 Å². The Hall–Kier alpha value is -1.56. The summed E-state index contributed by atoms with van der Waals surface area (Å²) in [5.41, 5.74) is 5.47. The third-order valence-electron chi connectivity index (χ3n) is 2.08. The lowest BCUT2D eigenvalue weighted by atomic mass is 10.4. The number of morpholine rings is 1. The van der Waals surface area contributed by atoms with Gasteiger partial charge in [0.1, 0.15) is 0 Å². The summed E-state index contributed by atoms with van der Waals surface area (Å²) in [7, 11) is 0. The maximum absolute atomic E-state index is 9.15. The minimum atomic E-state index is -0.0815. The Balaban J connectivity index is 2.18. The summed E-state index contributed by atoms with van der Waals surface area (Å²) in [6.45, 7) is 2.85. The quantitative estimate of drug-likeness (QED) is 0.635. The average Bonchev–Trinajstić information content (AvgIpc) is 2.23. The van der Waals surface area contributed by atoms with Gasteiger partial charge in [-0.2, -0.15) is 4.98 Å². The number of nitrogens with two attached hydrogens (primary N) is 1. The zero-order valence-electron chi connectivity index (χ0n) is 7.68. The molecule has 0 aromatic carbocycles. The summed E-state index contributed by atoms with van der Waals surface area (Å²) < 4.78 is 5.20. The second kappa shape index (κ2) is 3.67. The van der Waals surface area contributed by atoms with Crippen LogP contribution in [0.4, 0.5) is 11.8 Å². The molecule has 0 saturated carbocycles. The number of ether oxygens (including phenoxy) is 1. The molecule has 1 fully saturated rings. The van der Waals surface area contributed by atoms with Crippen molar-refractivity contribution < 1.29 is 9.84 Å². The second-order valence-electron chi connectivity index (χ2n) is 3.04. The summed E-state index contributed by atoms with van der Waals surface area (Å²) in [6, 6.07) is 0. The number of nitrogen functional groups attached to an aromatic ring is 1. The summed E-state index contributed by atoms with van der Waals surface area (Å²) in [4.78, 5) is 9.95. The molecule has 76 valence electrons. The molecule has 0 bridgehead atoms. The lowest BCUT2D eigenvalue weighted by molar-refractivity contribution is 0.122. The van der Waals surface area contributed by atoms with Crippen LogP contribution in [0, 0.1) is 0 Å². The zero-order chi connectivity index (χ0) is 9.97. The van der Waals surface area contributed by atoms with Crippen molar-refractivity contribution in [2.45, 2.75) is 0 Å². The van der Waals surface area contributed by atoms with E-state index in [4.69, 9.17) is 15.6 Å². The Labute approximate surface area is 81.3 Å². The highest BCUT2D eigenvalue weighted by atomic mass is 16.5. The number of nitrogens with zero attached hydrogens (tertiary/aromatic N) is 3. The van der Waals surface area contributed by atoms with E-state index >= 15 is 0 Å². The van der Waals surface area contributed by atoms with Gasteiger partial charge in [-0.25, -0.2) is 4.98 Å². The smallest absolute Gasteiger partial charge is 0.227 e. The standard InChI is InChI=1S/C8H12N4O2/c9-7-6(13)5-10-8(11-7)12-1-3-14-4-2-12/h5,13H,1-4H2,(H2,9,10,11). The topological polar surface area (TPSA) is 84.5 Å². The fraction of sp³-hybridized carbons (Fsp3) is 0.500. The lowest BCUT2D eigenvalue weighted by Crippen LogP contribution is -2.37. The monoisotopic (exact) mass is 196 g/mol. The second-order valence-corrected chi connectivity index (χ2v) is 3.04. The molecular formula is C8H12N4O2. The van der Waals surface area contributed by atoms with Crippen LogP contribution in [0.1, 0.15) is 0 Å². The molecule has 0 aliphatic carbocycles. The highest BCUT2D eigenvalue weighted by Crippen LogP contribution is 2.18. The SMILES string of the molecule is Nc1nc(N2CCOCC2)ncc1O. The average molecular weight is 196 g/mol. The molecule has 0 spiro atoms. The van der Waals surface area contributed by atoms with Crippen molar-refractivity contribution in [3.63, 3.8) is 0 Å². The largest absolute Gasteiger partial charge is 0.503 e. The first-order valence-electron chi connectivity index (χ1n) is 4.41. The van der Waals surface area contributed by atoms with Crippen LogP contribution in [0.2, 0.25) is 0 Å². The van der Waals surface area contributed by atoms with Gasteiger partial charge >= 0.3 is 0 Å². The summed E-state index contributed by atoms with van der Waals surface area (Å²) in [5.74, 6) is 0.576. The number of rotatable bonds is 1. The molecule has 1 aromatic rings. The van der Waals surface area contributed by atoms with E-state index < -0.39 is 0 Å². The van der Waals surface area contributed by atoms with Crippen LogP contribution in [0.5, 0.6) is 5.75 Å². The minimum Gasteiger partial charge on any atom is -0.503 e. The zero-order valence-corrected chi connectivity index (χ0v) is 7.68. The third-order valence-corrected chi connectivity index (χ3v) is 2.08. The molecule has 2 heterocycles. The van der Waals surface area contributed by atoms with E-state index in [9.17, 15) is 0 Å².